The van der Waals surface area contributed by atoms with Gasteiger partial charge in [-0.15, -0.1) is 0 Å². The van der Waals surface area contributed by atoms with Gasteiger partial charge in [0, 0.05) is 62.0 Å². The first-order chi connectivity index (χ1) is 28.8. The molecule has 2 atom stereocenters. The number of Topliss-reactive ketones (excluding diaryl/α,β-unsaturated/α-hetero) is 4. The summed E-state index contributed by atoms with van der Waals surface area (Å²) in [6, 6.07) is 15.0. The molecule has 0 bridgehead atoms. The largest absolute Gasteiger partial charge is 0.508 e. The number of benzene rings is 2. The second-order valence-corrected chi connectivity index (χ2v) is 18.2. The Kier molecular flexibility index (Phi) is 16.6. The molecule has 0 radical (unpaired) electrons. The van der Waals surface area contributed by atoms with Crippen molar-refractivity contribution in [2.24, 2.45) is 10.8 Å². The number of carbonyl (C=O) groups excluding carboxylic acids is 4. The van der Waals surface area contributed by atoms with Crippen molar-refractivity contribution >= 4 is 23.1 Å². The van der Waals surface area contributed by atoms with Crippen LogP contribution >= 0.6 is 0 Å². The van der Waals surface area contributed by atoms with Crippen molar-refractivity contribution in [1.82, 2.24) is 9.97 Å². The van der Waals surface area contributed by atoms with E-state index in [0.29, 0.717) is 22.3 Å². The van der Waals surface area contributed by atoms with E-state index >= 15 is 0 Å². The summed E-state index contributed by atoms with van der Waals surface area (Å²) in [5.41, 5.74) is -0.900. The third-order valence-electron chi connectivity index (χ3n) is 10.1. The fourth-order valence-corrected chi connectivity index (χ4v) is 6.31. The van der Waals surface area contributed by atoms with Gasteiger partial charge in [-0.3, -0.25) is 29.1 Å². The lowest BCUT2D eigenvalue weighted by molar-refractivity contribution is -0.118. The molecule has 2 heterocycles. The van der Waals surface area contributed by atoms with Gasteiger partial charge in [-0.1, -0.05) is 41.5 Å². The van der Waals surface area contributed by atoms with Crippen molar-refractivity contribution in [3.05, 3.63) is 117 Å². The number of aliphatic hydroxyl groups is 2. The second kappa shape index (κ2) is 20.6. The van der Waals surface area contributed by atoms with Crippen LogP contribution in [0.1, 0.15) is 123 Å². The maximum atomic E-state index is 14.5. The minimum absolute atomic E-state index is 0.0421. The van der Waals surface area contributed by atoms with Gasteiger partial charge in [0.1, 0.15) is 46.1 Å². The fraction of sp³-hybridized carbons (Fsp3) is 0.417. The zero-order valence-electron chi connectivity index (χ0n) is 36.4. The number of nitrogens with zero attached hydrogens (tertiary/aromatic N) is 4. The number of hydrogen-bond acceptors (Lipinski definition) is 12. The Morgan fingerprint density at radius 2 is 0.919 bits per heavy atom. The van der Waals surface area contributed by atoms with Crippen LogP contribution < -0.4 is 0 Å². The second-order valence-electron chi connectivity index (χ2n) is 18.2. The highest BCUT2D eigenvalue weighted by Crippen LogP contribution is 2.34. The minimum atomic E-state index is -1.21. The van der Waals surface area contributed by atoms with Crippen molar-refractivity contribution < 1.29 is 48.4 Å². The van der Waals surface area contributed by atoms with Crippen LogP contribution in [0.3, 0.4) is 0 Å². The quantitative estimate of drug-likeness (QED) is 0.0813. The number of aliphatic hydroxyl groups excluding tert-OH is 2. The number of rotatable bonds is 16. The Balaban J connectivity index is 0.000000330. The van der Waals surface area contributed by atoms with Gasteiger partial charge < -0.3 is 20.4 Å². The number of aromatic hydroxyl groups is 2. The average Bonchev–Trinajstić information content (AvgIpc) is 3.19. The van der Waals surface area contributed by atoms with Crippen molar-refractivity contribution in [3.8, 4) is 23.6 Å². The van der Waals surface area contributed by atoms with Crippen molar-refractivity contribution in [3.63, 3.8) is 0 Å². The molecule has 0 aliphatic carbocycles. The summed E-state index contributed by atoms with van der Waals surface area (Å²) < 4.78 is 29.0. The number of hydrogen-bond donors (Lipinski definition) is 4. The van der Waals surface area contributed by atoms with Crippen molar-refractivity contribution in [1.29, 1.82) is 10.5 Å². The van der Waals surface area contributed by atoms with Crippen molar-refractivity contribution in [2.45, 2.75) is 105 Å². The van der Waals surface area contributed by atoms with E-state index in [9.17, 15) is 48.4 Å². The molecular weight excluding hydrogens is 799 g/mol. The SMILES string of the molecule is CC(C)(C)c1cc(F)c(CC(=O)Cc2ccnc(C(=O)C[C@@](C)(C#N)CO)c2)cc1O.CC(C)(C)c1cc(F)c(CC(=O)Cc2ccnc(C(=O)C[C@](C)(C#N)CO)c2)cc1O. The lowest BCUT2D eigenvalue weighted by Crippen LogP contribution is -2.23. The third-order valence-corrected chi connectivity index (χ3v) is 10.1. The summed E-state index contributed by atoms with van der Waals surface area (Å²) in [5, 5.41) is 57.3. The number of phenolic OH excluding ortho intramolecular Hbond substituents is 2. The molecule has 0 aliphatic heterocycles. The summed E-state index contributed by atoms with van der Waals surface area (Å²) in [5.74, 6) is -2.63. The molecule has 0 saturated heterocycles. The molecule has 4 rings (SSSR count). The number of nitriles is 2. The molecule has 0 unspecified atom stereocenters. The Morgan fingerprint density at radius 3 is 1.21 bits per heavy atom. The maximum absolute atomic E-state index is 14.5. The van der Waals surface area contributed by atoms with Gasteiger partial charge in [-0.05, 0) is 95.5 Å². The predicted molar refractivity (Wildman–Crippen MR) is 226 cm³/mol. The minimum Gasteiger partial charge on any atom is -0.508 e. The third kappa shape index (κ3) is 13.9. The summed E-state index contributed by atoms with van der Waals surface area (Å²) in [7, 11) is 0. The van der Waals surface area contributed by atoms with E-state index in [4.69, 9.17) is 10.5 Å². The molecule has 62 heavy (non-hydrogen) atoms. The molecular formula is C48H54F2N4O8. The van der Waals surface area contributed by atoms with Gasteiger partial charge in [0.25, 0.3) is 0 Å². The molecule has 4 N–H and O–H groups in total. The van der Waals surface area contributed by atoms with E-state index in [2.05, 4.69) is 9.97 Å². The van der Waals surface area contributed by atoms with E-state index in [1.165, 1.54) is 62.6 Å². The van der Waals surface area contributed by atoms with Crippen LogP contribution in [0.5, 0.6) is 11.5 Å². The molecule has 0 fully saturated rings. The first-order valence-corrected chi connectivity index (χ1v) is 19.8. The van der Waals surface area contributed by atoms with Gasteiger partial charge in [0.05, 0.1) is 36.2 Å². The normalized spacial score (nSPS) is 13.3. The molecule has 12 nitrogen and oxygen atoms in total. The van der Waals surface area contributed by atoms with Crippen LogP contribution in [-0.4, -0.2) is 66.7 Å². The predicted octanol–water partition coefficient (Wildman–Crippen LogP) is 7.35. The van der Waals surface area contributed by atoms with Crippen molar-refractivity contribution in [2.75, 3.05) is 13.2 Å². The van der Waals surface area contributed by atoms with Gasteiger partial charge in [-0.2, -0.15) is 10.5 Å². The summed E-state index contributed by atoms with van der Waals surface area (Å²) in [6.07, 6.45) is 1.90. The zero-order chi connectivity index (χ0) is 46.8. The fourth-order valence-electron chi connectivity index (χ4n) is 6.31. The molecule has 0 amide bonds. The van der Waals surface area contributed by atoms with Gasteiger partial charge in [0.2, 0.25) is 0 Å². The number of carbonyl (C=O) groups is 4. The number of pyridine rings is 2. The van der Waals surface area contributed by atoms with Crippen LogP contribution in [0.25, 0.3) is 0 Å². The first kappa shape index (κ1) is 50.1. The van der Waals surface area contributed by atoms with E-state index in [1.54, 1.807) is 12.1 Å². The monoisotopic (exact) mass is 852 g/mol. The number of halogens is 2. The van der Waals surface area contributed by atoms with Gasteiger partial charge >= 0.3 is 0 Å². The molecule has 2 aromatic heterocycles. The van der Waals surface area contributed by atoms with Crippen LogP contribution in [-0.2, 0) is 46.1 Å². The number of aromatic nitrogens is 2. The van der Waals surface area contributed by atoms with E-state index in [0.717, 1.165) is 0 Å². The van der Waals surface area contributed by atoms with Crippen LogP contribution in [0.4, 0.5) is 8.78 Å². The Morgan fingerprint density at radius 1 is 0.581 bits per heavy atom. The first-order valence-electron chi connectivity index (χ1n) is 19.8. The molecule has 0 spiro atoms. The van der Waals surface area contributed by atoms with E-state index in [1.807, 2.05) is 53.7 Å². The number of phenols is 2. The average molecular weight is 853 g/mol. The van der Waals surface area contributed by atoms with Gasteiger partial charge in [-0.25, -0.2) is 8.78 Å². The molecule has 14 heteroatoms. The van der Waals surface area contributed by atoms with Crippen LogP contribution in [0, 0.1) is 45.1 Å². The van der Waals surface area contributed by atoms with Crippen LogP contribution in [0.2, 0.25) is 0 Å². The highest BCUT2D eigenvalue weighted by Gasteiger charge is 2.29. The molecule has 0 aliphatic rings. The Hall–Kier alpha value is -6.22. The molecule has 2 aromatic carbocycles. The lowest BCUT2D eigenvalue weighted by atomic mass is 9.85. The highest BCUT2D eigenvalue weighted by atomic mass is 19.1. The summed E-state index contributed by atoms with van der Waals surface area (Å²) in [6.45, 7) is 13.2. The summed E-state index contributed by atoms with van der Waals surface area (Å²) >= 11 is 0. The zero-order valence-corrected chi connectivity index (χ0v) is 36.4. The van der Waals surface area contributed by atoms with E-state index in [-0.39, 0.29) is 84.1 Å². The smallest absolute Gasteiger partial charge is 0.182 e. The highest BCUT2D eigenvalue weighted by molar-refractivity contribution is 5.96. The van der Waals surface area contributed by atoms with E-state index < -0.39 is 58.1 Å². The maximum Gasteiger partial charge on any atom is 0.182 e. The Bertz CT molecular complexity index is 2240. The van der Waals surface area contributed by atoms with Crippen LogP contribution in [0.15, 0.2) is 60.9 Å². The standard InChI is InChI=1S/2C24H27FN2O4/c2*1-23(2,3)18-11-19(25)16(10-21(18)30)9-17(29)7-15-5-6-27-20(8-15)22(31)12-24(4,13-26)14-28/h2*5-6,8,10-11,28,30H,7,9,12,14H2,1-4H3/t2*24-/m10/s1. The molecule has 4 aromatic rings. The number of ketones is 4. The van der Waals surface area contributed by atoms with Gasteiger partial charge in [0.15, 0.2) is 11.6 Å². The lowest BCUT2D eigenvalue weighted by Gasteiger charge is -2.21. The molecule has 328 valence electrons. The molecule has 0 saturated carbocycles. The Labute approximate surface area is 360 Å². The summed E-state index contributed by atoms with van der Waals surface area (Å²) in [4.78, 5) is 57.8. The topological polar surface area (TPSA) is 223 Å².